The van der Waals surface area contributed by atoms with Crippen molar-refractivity contribution in [2.75, 3.05) is 32.4 Å². The number of ether oxygens (including phenoxy) is 4. The summed E-state index contributed by atoms with van der Waals surface area (Å²) in [4.78, 5) is 12.5. The fourth-order valence-electron chi connectivity index (χ4n) is 3.18. The van der Waals surface area contributed by atoms with Crippen molar-refractivity contribution in [3.63, 3.8) is 0 Å². The molecule has 1 N–H and O–H groups in total. The van der Waals surface area contributed by atoms with Gasteiger partial charge in [-0.3, -0.25) is 4.79 Å². The number of para-hydroxylation sites is 2. The predicted molar refractivity (Wildman–Crippen MR) is 127 cm³/mol. The van der Waals surface area contributed by atoms with Crippen LogP contribution in [-0.4, -0.2) is 47.8 Å². The van der Waals surface area contributed by atoms with E-state index < -0.39 is 0 Å². The Morgan fingerprint density at radius 3 is 2.42 bits per heavy atom. The van der Waals surface area contributed by atoms with Crippen molar-refractivity contribution in [2.24, 2.45) is 0 Å². The van der Waals surface area contributed by atoms with Gasteiger partial charge < -0.3 is 28.8 Å². The lowest BCUT2D eigenvalue weighted by Crippen LogP contribution is -2.16. The molecule has 10 heteroatoms. The van der Waals surface area contributed by atoms with Crippen LogP contribution in [0.15, 0.2) is 47.6 Å². The Morgan fingerprint density at radius 1 is 1.03 bits per heavy atom. The molecular formula is C23H28N4O5S. The Kier molecular flexibility index (Phi) is 8.42. The average molecular weight is 473 g/mol. The minimum atomic E-state index is -0.361. The van der Waals surface area contributed by atoms with Crippen LogP contribution in [0.4, 0.5) is 5.69 Å². The highest BCUT2D eigenvalue weighted by molar-refractivity contribution is 7.99. The van der Waals surface area contributed by atoms with Crippen molar-refractivity contribution < 1.29 is 23.7 Å². The van der Waals surface area contributed by atoms with E-state index >= 15 is 0 Å². The van der Waals surface area contributed by atoms with E-state index in [4.69, 9.17) is 18.9 Å². The maximum absolute atomic E-state index is 12.5. The van der Waals surface area contributed by atoms with E-state index in [0.29, 0.717) is 46.2 Å². The van der Waals surface area contributed by atoms with Gasteiger partial charge in [-0.15, -0.1) is 10.2 Å². The third kappa shape index (κ3) is 5.89. The molecule has 0 aliphatic carbocycles. The number of carbonyl (C=O) groups is 1. The molecule has 0 radical (unpaired) electrons. The van der Waals surface area contributed by atoms with Gasteiger partial charge in [0.05, 0.1) is 32.8 Å². The number of anilines is 1. The van der Waals surface area contributed by atoms with Crippen LogP contribution in [0.2, 0.25) is 0 Å². The molecule has 1 unspecified atom stereocenters. The standard InChI is InChI=1S/C23H28N4O5S/c1-6-27-22(15(2)32-19-10-8-7-9-18(19)30-4)25-26-23(27)33-14-21(28)24-17-12-11-16(29-3)13-20(17)31-5/h7-13,15H,6,14H2,1-5H3,(H,24,28). The molecule has 3 aromatic rings. The van der Waals surface area contributed by atoms with Crippen molar-refractivity contribution in [3.05, 3.63) is 48.3 Å². The minimum Gasteiger partial charge on any atom is -0.497 e. The molecule has 0 saturated carbocycles. The zero-order valence-corrected chi connectivity index (χ0v) is 20.1. The molecule has 1 heterocycles. The number of amides is 1. The summed E-state index contributed by atoms with van der Waals surface area (Å²) in [5.74, 6) is 3.08. The molecule has 1 aromatic heterocycles. The number of benzene rings is 2. The molecule has 2 aromatic carbocycles. The highest BCUT2D eigenvalue weighted by atomic mass is 32.2. The third-order valence-corrected chi connectivity index (χ3v) is 5.78. The van der Waals surface area contributed by atoms with Crippen molar-refractivity contribution in [2.45, 2.75) is 31.7 Å². The van der Waals surface area contributed by atoms with Gasteiger partial charge in [-0.05, 0) is 38.1 Å². The van der Waals surface area contributed by atoms with Crippen molar-refractivity contribution in [3.8, 4) is 23.0 Å². The summed E-state index contributed by atoms with van der Waals surface area (Å²) in [5.41, 5.74) is 0.570. The van der Waals surface area contributed by atoms with E-state index in [1.807, 2.05) is 42.7 Å². The number of carbonyl (C=O) groups excluding carboxylic acids is 1. The van der Waals surface area contributed by atoms with Crippen LogP contribution >= 0.6 is 11.8 Å². The van der Waals surface area contributed by atoms with Gasteiger partial charge in [0.2, 0.25) is 5.91 Å². The van der Waals surface area contributed by atoms with E-state index in [0.717, 1.165) is 0 Å². The number of hydrogen-bond donors (Lipinski definition) is 1. The first-order chi connectivity index (χ1) is 16.0. The zero-order valence-electron chi connectivity index (χ0n) is 19.3. The topological polar surface area (TPSA) is 96.7 Å². The number of nitrogens with one attached hydrogen (secondary N) is 1. The fraction of sp³-hybridized carbons (Fsp3) is 0.348. The summed E-state index contributed by atoms with van der Waals surface area (Å²) in [6, 6.07) is 12.7. The highest BCUT2D eigenvalue weighted by Gasteiger charge is 2.21. The van der Waals surface area contributed by atoms with E-state index in [9.17, 15) is 4.79 Å². The SMILES string of the molecule is CCn1c(SCC(=O)Nc2ccc(OC)cc2OC)nnc1C(C)Oc1ccccc1OC. The number of aromatic nitrogens is 3. The number of thioether (sulfide) groups is 1. The molecule has 1 amide bonds. The molecule has 33 heavy (non-hydrogen) atoms. The lowest BCUT2D eigenvalue weighted by atomic mass is 10.2. The quantitative estimate of drug-likeness (QED) is 0.415. The molecule has 3 rings (SSSR count). The third-order valence-electron chi connectivity index (χ3n) is 4.81. The molecule has 0 fully saturated rings. The Hall–Kier alpha value is -3.40. The normalized spacial score (nSPS) is 11.5. The first-order valence-corrected chi connectivity index (χ1v) is 11.4. The molecule has 0 bridgehead atoms. The summed E-state index contributed by atoms with van der Waals surface area (Å²) < 4.78 is 23.9. The van der Waals surface area contributed by atoms with Crippen LogP contribution in [0, 0.1) is 0 Å². The maximum atomic E-state index is 12.5. The fourth-order valence-corrected chi connectivity index (χ4v) is 3.99. The van der Waals surface area contributed by atoms with E-state index in [1.54, 1.807) is 39.5 Å². The highest BCUT2D eigenvalue weighted by Crippen LogP contribution is 2.32. The average Bonchev–Trinajstić information content (AvgIpc) is 3.26. The van der Waals surface area contributed by atoms with E-state index in [1.165, 1.54) is 11.8 Å². The van der Waals surface area contributed by atoms with Crippen molar-refractivity contribution in [1.29, 1.82) is 0 Å². The lowest BCUT2D eigenvalue weighted by Gasteiger charge is -2.17. The van der Waals surface area contributed by atoms with Gasteiger partial charge in [0.1, 0.15) is 11.5 Å². The number of nitrogens with zero attached hydrogens (tertiary/aromatic N) is 3. The Morgan fingerprint density at radius 2 is 1.76 bits per heavy atom. The summed E-state index contributed by atoms with van der Waals surface area (Å²) >= 11 is 1.30. The number of hydrogen-bond acceptors (Lipinski definition) is 8. The second kappa shape index (κ2) is 11.5. The molecule has 176 valence electrons. The number of methoxy groups -OCH3 is 3. The summed E-state index contributed by atoms with van der Waals surface area (Å²) in [5, 5.41) is 12.1. The smallest absolute Gasteiger partial charge is 0.234 e. The van der Waals surface area contributed by atoms with E-state index in [2.05, 4.69) is 15.5 Å². The van der Waals surface area contributed by atoms with Crippen LogP contribution in [0.5, 0.6) is 23.0 Å². The van der Waals surface area contributed by atoms with Gasteiger partial charge in [-0.2, -0.15) is 0 Å². The molecular weight excluding hydrogens is 444 g/mol. The van der Waals surface area contributed by atoms with Gasteiger partial charge in [0, 0.05) is 12.6 Å². The van der Waals surface area contributed by atoms with Crippen molar-refractivity contribution >= 4 is 23.4 Å². The predicted octanol–water partition coefficient (Wildman–Crippen LogP) is 4.19. The van der Waals surface area contributed by atoms with Gasteiger partial charge in [0.25, 0.3) is 0 Å². The second-order valence-corrected chi connectivity index (χ2v) is 7.84. The Labute approximate surface area is 197 Å². The van der Waals surface area contributed by atoms with Crippen LogP contribution in [0.1, 0.15) is 25.8 Å². The van der Waals surface area contributed by atoms with Crippen LogP contribution in [0.25, 0.3) is 0 Å². The van der Waals surface area contributed by atoms with Gasteiger partial charge in [0.15, 0.2) is 28.6 Å². The molecule has 9 nitrogen and oxygen atoms in total. The minimum absolute atomic E-state index is 0.162. The summed E-state index contributed by atoms with van der Waals surface area (Å²) in [6.45, 7) is 4.53. The summed E-state index contributed by atoms with van der Waals surface area (Å²) in [7, 11) is 4.71. The number of rotatable bonds is 11. The molecule has 1 atom stereocenters. The Balaban J connectivity index is 1.66. The molecule has 0 spiro atoms. The second-order valence-electron chi connectivity index (χ2n) is 6.90. The zero-order chi connectivity index (χ0) is 23.8. The maximum Gasteiger partial charge on any atom is 0.234 e. The Bertz CT molecular complexity index is 1090. The first kappa shape index (κ1) is 24.2. The lowest BCUT2D eigenvalue weighted by molar-refractivity contribution is -0.113. The van der Waals surface area contributed by atoms with Crippen LogP contribution < -0.4 is 24.3 Å². The summed E-state index contributed by atoms with van der Waals surface area (Å²) in [6.07, 6.45) is -0.361. The largest absolute Gasteiger partial charge is 0.497 e. The van der Waals surface area contributed by atoms with E-state index in [-0.39, 0.29) is 17.8 Å². The van der Waals surface area contributed by atoms with Crippen LogP contribution in [-0.2, 0) is 11.3 Å². The molecule has 0 saturated heterocycles. The van der Waals surface area contributed by atoms with Gasteiger partial charge in [-0.25, -0.2) is 0 Å². The molecule has 0 aliphatic heterocycles. The monoisotopic (exact) mass is 472 g/mol. The van der Waals surface area contributed by atoms with Crippen molar-refractivity contribution in [1.82, 2.24) is 14.8 Å². The van der Waals surface area contributed by atoms with Gasteiger partial charge in [-0.1, -0.05) is 23.9 Å². The van der Waals surface area contributed by atoms with Crippen LogP contribution in [0.3, 0.4) is 0 Å². The molecule has 0 aliphatic rings. The van der Waals surface area contributed by atoms with Gasteiger partial charge >= 0.3 is 0 Å². The first-order valence-electron chi connectivity index (χ1n) is 10.4.